The Balaban J connectivity index is 1.59. The first kappa shape index (κ1) is 20.0. The van der Waals surface area contributed by atoms with Crippen LogP contribution in [0.1, 0.15) is 16.7 Å². The Morgan fingerprint density at radius 2 is 1.59 bits per heavy atom. The van der Waals surface area contributed by atoms with E-state index in [2.05, 4.69) is 0 Å². The number of hydrogen-bond acceptors (Lipinski definition) is 3. The number of hydrogen-bond donors (Lipinski definition) is 0. The number of halogens is 1. The number of esters is 1. The molecule has 0 spiro atoms. The van der Waals surface area contributed by atoms with Crippen LogP contribution in [-0.2, 0) is 9.53 Å². The molecule has 0 fully saturated rings. The maximum Gasteiger partial charge on any atom is 0.343 e. The van der Waals surface area contributed by atoms with Gasteiger partial charge < -0.3 is 4.74 Å². The number of aromatic nitrogens is 2. The Labute approximate surface area is 191 Å². The Hall–Kier alpha value is -3.89. The molecule has 0 aliphatic carbocycles. The molecule has 3 aromatic carbocycles. The highest BCUT2D eigenvalue weighted by Gasteiger charge is 2.23. The zero-order chi connectivity index (χ0) is 22.1. The van der Waals surface area contributed by atoms with E-state index in [-0.39, 0.29) is 5.97 Å². The number of carbonyl (C=O) groups is 1. The molecular formula is C27H19ClN2O2. The molecule has 32 heavy (non-hydrogen) atoms. The minimum atomic E-state index is -0.380. The van der Waals surface area contributed by atoms with Crippen molar-refractivity contribution in [2.75, 3.05) is 0 Å². The van der Waals surface area contributed by atoms with Gasteiger partial charge in [-0.25, -0.2) is 9.48 Å². The smallest absolute Gasteiger partial charge is 0.343 e. The fraction of sp³-hybridized carbons (Fsp3) is 0.0370. The molecule has 0 amide bonds. The third kappa shape index (κ3) is 4.01. The predicted molar refractivity (Wildman–Crippen MR) is 127 cm³/mol. The Bertz CT molecular complexity index is 1350. The lowest BCUT2D eigenvalue weighted by molar-refractivity contribution is -0.130. The second-order valence-electron chi connectivity index (χ2n) is 7.58. The van der Waals surface area contributed by atoms with Crippen molar-refractivity contribution < 1.29 is 9.53 Å². The number of carbonyl (C=O) groups excluding carboxylic acids is 1. The largest absolute Gasteiger partial charge is 0.422 e. The van der Waals surface area contributed by atoms with E-state index in [9.17, 15) is 4.79 Å². The minimum absolute atomic E-state index is 0.380. The van der Waals surface area contributed by atoms with Crippen LogP contribution in [0.2, 0.25) is 5.02 Å². The van der Waals surface area contributed by atoms with Gasteiger partial charge in [-0.1, -0.05) is 71.8 Å². The molecule has 0 N–H and O–H groups in total. The molecule has 4 aromatic rings. The van der Waals surface area contributed by atoms with Crippen LogP contribution in [0, 0.1) is 6.92 Å². The van der Waals surface area contributed by atoms with Crippen LogP contribution >= 0.6 is 11.6 Å². The summed E-state index contributed by atoms with van der Waals surface area (Å²) < 4.78 is 7.34. The molecular weight excluding hydrogens is 420 g/mol. The van der Waals surface area contributed by atoms with Crippen LogP contribution in [0.15, 0.2) is 96.7 Å². The van der Waals surface area contributed by atoms with Gasteiger partial charge in [0.25, 0.3) is 0 Å². The summed E-state index contributed by atoms with van der Waals surface area (Å²) >= 11 is 6.07. The number of cyclic esters (lactones) is 1. The average Bonchev–Trinajstić information content (AvgIpc) is 3.39. The summed E-state index contributed by atoms with van der Waals surface area (Å²) in [4.78, 5) is 12.6. The molecule has 0 atom stereocenters. The third-order valence-electron chi connectivity index (χ3n) is 5.25. The zero-order valence-corrected chi connectivity index (χ0v) is 18.1. The molecule has 2 heterocycles. The van der Waals surface area contributed by atoms with Crippen molar-refractivity contribution in [3.05, 3.63) is 118 Å². The SMILES string of the molecule is Cc1ccc(C2=C/C(=C\c3cn(-c4ccccc4)nc3-c3ccc(Cl)cc3)C(=O)O2)cc1. The first-order chi connectivity index (χ1) is 15.6. The van der Waals surface area contributed by atoms with Gasteiger partial charge in [-0.2, -0.15) is 5.10 Å². The molecule has 1 aliphatic rings. The highest BCUT2D eigenvalue weighted by molar-refractivity contribution is 6.30. The van der Waals surface area contributed by atoms with Gasteiger partial charge in [-0.05, 0) is 43.3 Å². The lowest BCUT2D eigenvalue weighted by atomic mass is 10.1. The van der Waals surface area contributed by atoms with Crippen molar-refractivity contribution in [3.8, 4) is 16.9 Å². The van der Waals surface area contributed by atoms with Gasteiger partial charge in [0.15, 0.2) is 0 Å². The Morgan fingerprint density at radius 3 is 2.31 bits per heavy atom. The standard InChI is InChI=1S/C27H19ClN2O2/c1-18-7-9-19(10-8-18)25-16-21(27(31)32-25)15-22-17-30(24-5-3-2-4-6-24)29-26(22)20-11-13-23(28)14-12-20/h2-17H,1H3/b21-15+. The van der Waals surface area contributed by atoms with Crippen molar-refractivity contribution in [2.45, 2.75) is 6.92 Å². The lowest BCUT2D eigenvalue weighted by Gasteiger charge is -2.01. The van der Waals surface area contributed by atoms with Crippen molar-refractivity contribution in [2.24, 2.45) is 0 Å². The zero-order valence-electron chi connectivity index (χ0n) is 17.3. The summed E-state index contributed by atoms with van der Waals surface area (Å²) in [6.45, 7) is 2.02. The van der Waals surface area contributed by atoms with Crippen LogP contribution < -0.4 is 0 Å². The average molecular weight is 439 g/mol. The molecule has 1 aliphatic heterocycles. The minimum Gasteiger partial charge on any atom is -0.422 e. The van der Waals surface area contributed by atoms with Crippen molar-refractivity contribution >= 4 is 29.4 Å². The number of aryl methyl sites for hydroxylation is 1. The molecule has 0 unspecified atom stereocenters. The second kappa shape index (κ2) is 8.33. The number of ether oxygens (including phenoxy) is 1. The molecule has 0 saturated heterocycles. The van der Waals surface area contributed by atoms with Gasteiger partial charge in [0.2, 0.25) is 0 Å². The fourth-order valence-electron chi connectivity index (χ4n) is 3.55. The Morgan fingerprint density at radius 1 is 0.906 bits per heavy atom. The van der Waals surface area contributed by atoms with E-state index in [1.807, 2.05) is 98.1 Å². The van der Waals surface area contributed by atoms with Crippen LogP contribution in [-0.4, -0.2) is 15.7 Å². The molecule has 0 bridgehead atoms. The van der Waals surface area contributed by atoms with E-state index in [0.717, 1.165) is 33.6 Å². The van der Waals surface area contributed by atoms with Gasteiger partial charge >= 0.3 is 5.97 Å². The first-order valence-corrected chi connectivity index (χ1v) is 10.6. The predicted octanol–water partition coefficient (Wildman–Crippen LogP) is 6.48. The van der Waals surface area contributed by atoms with Gasteiger partial charge in [-0.3, -0.25) is 0 Å². The fourth-order valence-corrected chi connectivity index (χ4v) is 3.68. The monoisotopic (exact) mass is 438 g/mol. The summed E-state index contributed by atoms with van der Waals surface area (Å²) in [6, 6.07) is 25.2. The van der Waals surface area contributed by atoms with E-state index < -0.39 is 0 Å². The number of nitrogens with zero attached hydrogens (tertiary/aromatic N) is 2. The van der Waals surface area contributed by atoms with Crippen molar-refractivity contribution in [1.29, 1.82) is 0 Å². The summed E-state index contributed by atoms with van der Waals surface area (Å²) in [6.07, 6.45) is 5.51. The molecule has 0 saturated carbocycles. The van der Waals surface area contributed by atoms with Crippen molar-refractivity contribution in [3.63, 3.8) is 0 Å². The van der Waals surface area contributed by atoms with Gasteiger partial charge in [0.05, 0.1) is 17.0 Å². The lowest BCUT2D eigenvalue weighted by Crippen LogP contribution is -1.97. The third-order valence-corrected chi connectivity index (χ3v) is 5.50. The quantitative estimate of drug-likeness (QED) is 0.270. The number of benzene rings is 3. The van der Waals surface area contributed by atoms with Crippen LogP contribution in [0.5, 0.6) is 0 Å². The van der Waals surface area contributed by atoms with Crippen molar-refractivity contribution in [1.82, 2.24) is 9.78 Å². The molecule has 4 nitrogen and oxygen atoms in total. The van der Waals surface area contributed by atoms with Crippen LogP contribution in [0.4, 0.5) is 0 Å². The number of rotatable bonds is 4. The van der Waals surface area contributed by atoms with E-state index >= 15 is 0 Å². The topological polar surface area (TPSA) is 44.1 Å². The van der Waals surface area contributed by atoms with E-state index in [4.69, 9.17) is 21.4 Å². The summed E-state index contributed by atoms with van der Waals surface area (Å²) in [7, 11) is 0. The van der Waals surface area contributed by atoms with Crippen LogP contribution in [0.25, 0.3) is 28.8 Å². The Kier molecular flexibility index (Phi) is 5.21. The van der Waals surface area contributed by atoms with Gasteiger partial charge in [0.1, 0.15) is 5.76 Å². The normalized spacial score (nSPS) is 14.5. The maximum absolute atomic E-state index is 12.6. The molecule has 1 aromatic heterocycles. The van der Waals surface area contributed by atoms with Gasteiger partial charge in [-0.15, -0.1) is 0 Å². The molecule has 5 heteroatoms. The number of para-hydroxylation sites is 1. The second-order valence-corrected chi connectivity index (χ2v) is 8.02. The van der Waals surface area contributed by atoms with E-state index in [0.29, 0.717) is 16.4 Å². The summed E-state index contributed by atoms with van der Waals surface area (Å²) in [5, 5.41) is 5.44. The highest BCUT2D eigenvalue weighted by Crippen LogP contribution is 2.31. The first-order valence-electron chi connectivity index (χ1n) is 10.2. The molecule has 5 rings (SSSR count). The van der Waals surface area contributed by atoms with Gasteiger partial charge in [0, 0.05) is 27.9 Å². The maximum atomic E-state index is 12.6. The van der Waals surface area contributed by atoms with E-state index in [1.54, 1.807) is 10.8 Å². The molecule has 0 radical (unpaired) electrons. The molecule has 156 valence electrons. The highest BCUT2D eigenvalue weighted by atomic mass is 35.5. The van der Waals surface area contributed by atoms with Crippen LogP contribution in [0.3, 0.4) is 0 Å². The van der Waals surface area contributed by atoms with E-state index in [1.165, 1.54) is 0 Å². The summed E-state index contributed by atoms with van der Waals surface area (Å²) in [5.41, 5.74) is 5.89. The summed E-state index contributed by atoms with van der Waals surface area (Å²) in [5.74, 6) is 0.167.